The smallest absolute Gasteiger partial charge is 0.326 e. The molecule has 70 valence electrons. The number of methoxy groups -OCH3 is 1. The molecule has 0 bridgehead atoms. The number of nitrogens with two attached hydrogens (primary N) is 1. The van der Waals surface area contributed by atoms with E-state index in [1.165, 1.54) is 7.11 Å². The average Bonchev–Trinajstić information content (AvgIpc) is 2.65. The molecule has 0 saturated heterocycles. The minimum atomic E-state index is -0.821. The number of carbonyl (C=O) groups is 1. The van der Waals surface area contributed by atoms with Gasteiger partial charge in [0.2, 0.25) is 0 Å². The van der Waals surface area contributed by atoms with E-state index in [0.717, 1.165) is 5.56 Å². The fraction of sp³-hybridized carbons (Fsp3) is 0.500. The summed E-state index contributed by atoms with van der Waals surface area (Å²) in [5, 5.41) is 6.49. The third-order valence-electron chi connectivity index (χ3n) is 2.49. The highest BCUT2D eigenvalue weighted by molar-refractivity contribution is 5.86. The van der Waals surface area contributed by atoms with E-state index in [1.807, 2.05) is 0 Å². The lowest BCUT2D eigenvalue weighted by Crippen LogP contribution is -2.35. The first-order chi connectivity index (χ1) is 6.18. The van der Waals surface area contributed by atoms with Crippen molar-refractivity contribution in [3.63, 3.8) is 0 Å². The molecule has 5 nitrogen and oxygen atoms in total. The Morgan fingerprint density at radius 3 is 3.23 bits per heavy atom. The quantitative estimate of drug-likeness (QED) is 0.617. The van der Waals surface area contributed by atoms with Crippen LogP contribution in [0.2, 0.25) is 0 Å². The van der Waals surface area contributed by atoms with Crippen molar-refractivity contribution in [2.45, 2.75) is 17.9 Å². The highest BCUT2D eigenvalue weighted by atomic mass is 16.5. The molecule has 5 heteroatoms. The highest BCUT2D eigenvalue weighted by Crippen LogP contribution is 2.49. The van der Waals surface area contributed by atoms with Gasteiger partial charge in [-0.15, -0.1) is 0 Å². The predicted molar refractivity (Wildman–Crippen MR) is 44.9 cm³/mol. The Balaban J connectivity index is 2.14. The molecular weight excluding hydrogens is 170 g/mol. The van der Waals surface area contributed by atoms with Crippen molar-refractivity contribution in [1.82, 2.24) is 10.2 Å². The number of esters is 1. The van der Waals surface area contributed by atoms with Crippen molar-refractivity contribution in [1.29, 1.82) is 0 Å². The molecule has 0 aromatic carbocycles. The molecule has 1 fully saturated rings. The summed E-state index contributed by atoms with van der Waals surface area (Å²) in [5.41, 5.74) is 5.96. The second-order valence-corrected chi connectivity index (χ2v) is 3.32. The Labute approximate surface area is 75.3 Å². The van der Waals surface area contributed by atoms with Gasteiger partial charge in [0, 0.05) is 12.1 Å². The number of hydrogen-bond acceptors (Lipinski definition) is 4. The van der Waals surface area contributed by atoms with Gasteiger partial charge in [0.15, 0.2) is 0 Å². The van der Waals surface area contributed by atoms with Crippen LogP contribution in [0.5, 0.6) is 0 Å². The number of aromatic amines is 1. The molecule has 1 heterocycles. The Morgan fingerprint density at radius 1 is 1.92 bits per heavy atom. The van der Waals surface area contributed by atoms with Crippen LogP contribution in [0.15, 0.2) is 12.4 Å². The third kappa shape index (κ3) is 1.12. The maximum Gasteiger partial charge on any atom is 0.326 e. The summed E-state index contributed by atoms with van der Waals surface area (Å²) in [7, 11) is 1.35. The van der Waals surface area contributed by atoms with Gasteiger partial charge in [-0.2, -0.15) is 5.10 Å². The lowest BCUT2D eigenvalue weighted by atomic mass is 10.1. The Bertz CT molecular complexity index is 322. The Hall–Kier alpha value is -1.36. The van der Waals surface area contributed by atoms with Gasteiger partial charge in [0.05, 0.1) is 13.3 Å². The molecule has 1 aromatic rings. The highest BCUT2D eigenvalue weighted by Gasteiger charge is 2.59. The fourth-order valence-electron chi connectivity index (χ4n) is 1.56. The third-order valence-corrected chi connectivity index (χ3v) is 2.49. The molecule has 0 aliphatic heterocycles. The van der Waals surface area contributed by atoms with E-state index in [-0.39, 0.29) is 11.9 Å². The van der Waals surface area contributed by atoms with Crippen molar-refractivity contribution in [2.75, 3.05) is 7.11 Å². The van der Waals surface area contributed by atoms with E-state index in [4.69, 9.17) is 5.73 Å². The molecular formula is C8H11N3O2. The summed E-state index contributed by atoms with van der Waals surface area (Å²) in [5.74, 6) is -0.294. The maximum absolute atomic E-state index is 11.2. The van der Waals surface area contributed by atoms with Crippen LogP contribution in [0.25, 0.3) is 0 Å². The van der Waals surface area contributed by atoms with E-state index in [2.05, 4.69) is 14.9 Å². The molecule has 0 radical (unpaired) electrons. The molecule has 1 aliphatic rings. The fourth-order valence-corrected chi connectivity index (χ4v) is 1.56. The lowest BCUT2D eigenvalue weighted by molar-refractivity contribution is -0.143. The summed E-state index contributed by atoms with van der Waals surface area (Å²) in [6.45, 7) is 0. The van der Waals surface area contributed by atoms with Gasteiger partial charge < -0.3 is 10.5 Å². The second-order valence-electron chi connectivity index (χ2n) is 3.32. The molecule has 13 heavy (non-hydrogen) atoms. The monoisotopic (exact) mass is 181 g/mol. The average molecular weight is 181 g/mol. The summed E-state index contributed by atoms with van der Waals surface area (Å²) in [6, 6.07) is 0. The summed E-state index contributed by atoms with van der Waals surface area (Å²) in [4.78, 5) is 11.2. The molecule has 0 unspecified atom stereocenters. The van der Waals surface area contributed by atoms with Crippen LogP contribution in [0.1, 0.15) is 17.9 Å². The number of aromatic nitrogens is 2. The predicted octanol–water partition coefficient (Wildman–Crippen LogP) is -0.233. The zero-order chi connectivity index (χ0) is 9.47. The molecule has 1 saturated carbocycles. The van der Waals surface area contributed by atoms with Gasteiger partial charge in [-0.1, -0.05) is 0 Å². The lowest BCUT2D eigenvalue weighted by Gasteiger charge is -2.06. The molecule has 1 aliphatic carbocycles. The number of nitrogens with zero attached hydrogens (tertiary/aromatic N) is 1. The van der Waals surface area contributed by atoms with E-state index in [9.17, 15) is 4.79 Å². The van der Waals surface area contributed by atoms with E-state index in [1.54, 1.807) is 12.4 Å². The van der Waals surface area contributed by atoms with Gasteiger partial charge in [-0.05, 0) is 12.0 Å². The van der Waals surface area contributed by atoms with Crippen LogP contribution in [0, 0.1) is 0 Å². The van der Waals surface area contributed by atoms with E-state index in [0.29, 0.717) is 6.42 Å². The summed E-state index contributed by atoms with van der Waals surface area (Å²) < 4.78 is 4.61. The topological polar surface area (TPSA) is 81.0 Å². The molecule has 2 rings (SSSR count). The van der Waals surface area contributed by atoms with Crippen LogP contribution in [0.4, 0.5) is 0 Å². The van der Waals surface area contributed by atoms with Crippen LogP contribution in [0.3, 0.4) is 0 Å². The van der Waals surface area contributed by atoms with Crippen LogP contribution in [-0.2, 0) is 9.53 Å². The van der Waals surface area contributed by atoms with E-state index >= 15 is 0 Å². The van der Waals surface area contributed by atoms with Crippen molar-refractivity contribution >= 4 is 5.97 Å². The van der Waals surface area contributed by atoms with Crippen molar-refractivity contribution in [2.24, 2.45) is 5.73 Å². The zero-order valence-corrected chi connectivity index (χ0v) is 7.28. The molecule has 0 amide bonds. The van der Waals surface area contributed by atoms with Gasteiger partial charge in [-0.3, -0.25) is 9.89 Å². The number of H-pyrrole nitrogens is 1. The largest absolute Gasteiger partial charge is 0.468 e. The second kappa shape index (κ2) is 2.56. The van der Waals surface area contributed by atoms with Crippen LogP contribution >= 0.6 is 0 Å². The summed E-state index contributed by atoms with van der Waals surface area (Å²) in [6.07, 6.45) is 4.07. The first kappa shape index (κ1) is 8.25. The van der Waals surface area contributed by atoms with Crippen LogP contribution < -0.4 is 5.73 Å². The minimum Gasteiger partial charge on any atom is -0.468 e. The number of ether oxygens (including phenoxy) is 1. The van der Waals surface area contributed by atoms with Gasteiger partial charge >= 0.3 is 5.97 Å². The molecule has 2 atom stereocenters. The molecule has 0 spiro atoms. The van der Waals surface area contributed by atoms with Gasteiger partial charge in [-0.25, -0.2) is 0 Å². The van der Waals surface area contributed by atoms with Crippen molar-refractivity contribution in [3.8, 4) is 0 Å². The minimum absolute atomic E-state index is 0.0544. The van der Waals surface area contributed by atoms with Gasteiger partial charge in [0.25, 0.3) is 0 Å². The molecule has 1 aromatic heterocycles. The van der Waals surface area contributed by atoms with Crippen LogP contribution in [-0.4, -0.2) is 28.8 Å². The first-order valence-corrected chi connectivity index (χ1v) is 4.04. The zero-order valence-electron chi connectivity index (χ0n) is 7.28. The first-order valence-electron chi connectivity index (χ1n) is 4.04. The number of hydrogen-bond donors (Lipinski definition) is 2. The Kier molecular flexibility index (Phi) is 1.63. The van der Waals surface area contributed by atoms with Crippen molar-refractivity contribution < 1.29 is 9.53 Å². The van der Waals surface area contributed by atoms with Crippen molar-refractivity contribution in [3.05, 3.63) is 18.0 Å². The standard InChI is InChI=1S/C8H11N3O2/c1-13-7(12)8(9)2-6(8)5-3-10-11-4-5/h3-4,6H,2,9H2,1H3,(H,10,11)/t6-,8+/m1/s1. The summed E-state index contributed by atoms with van der Waals surface area (Å²) >= 11 is 0. The number of rotatable bonds is 2. The maximum atomic E-state index is 11.2. The Morgan fingerprint density at radius 2 is 2.69 bits per heavy atom. The van der Waals surface area contributed by atoms with Gasteiger partial charge in [0.1, 0.15) is 5.54 Å². The van der Waals surface area contributed by atoms with E-state index < -0.39 is 5.54 Å². The number of carbonyl (C=O) groups excluding carboxylic acids is 1. The normalized spacial score (nSPS) is 31.4. The molecule has 3 N–H and O–H groups in total. The number of nitrogens with one attached hydrogen (secondary N) is 1. The SMILES string of the molecule is COC(=O)[C@]1(N)C[C@@H]1c1cn[nH]c1.